The lowest BCUT2D eigenvalue weighted by Crippen LogP contribution is -2.43. The average molecular weight is 308 g/mol. The van der Waals surface area contributed by atoms with Crippen molar-refractivity contribution in [2.24, 2.45) is 0 Å². The number of benzene rings is 1. The van der Waals surface area contributed by atoms with Crippen molar-refractivity contribution < 1.29 is 8.78 Å². The molecule has 1 rings (SSSR count). The van der Waals surface area contributed by atoms with E-state index in [1.54, 1.807) is 12.1 Å². The summed E-state index contributed by atoms with van der Waals surface area (Å²) in [6.07, 6.45) is -2.41. The van der Waals surface area contributed by atoms with E-state index in [1.165, 1.54) is 12.1 Å². The van der Waals surface area contributed by atoms with E-state index >= 15 is 0 Å². The van der Waals surface area contributed by atoms with Crippen molar-refractivity contribution in [2.75, 3.05) is 0 Å². The molecule has 0 aliphatic carbocycles. The summed E-state index contributed by atoms with van der Waals surface area (Å²) >= 11 is 0. The predicted octanol–water partition coefficient (Wildman–Crippen LogP) is 6.19. The van der Waals surface area contributed by atoms with Crippen LogP contribution in [-0.4, -0.2) is 8.07 Å². The molecule has 116 valence electrons. The molecule has 0 aliphatic rings. The quantitative estimate of drug-likeness (QED) is 0.459. The second-order valence-electron chi connectivity index (χ2n) is 6.57. The van der Waals surface area contributed by atoms with E-state index in [4.69, 9.17) is 0 Å². The Balaban J connectivity index is 3.16. The molecule has 3 heteroatoms. The van der Waals surface area contributed by atoms with Gasteiger partial charge in [0.25, 0.3) is 6.43 Å². The molecule has 0 bridgehead atoms. The Morgan fingerprint density at radius 1 is 0.810 bits per heavy atom. The zero-order chi connectivity index (χ0) is 16.2. The number of hydrogen-bond donors (Lipinski definition) is 0. The van der Waals surface area contributed by atoms with Crippen molar-refractivity contribution in [1.82, 2.24) is 0 Å². The maximum absolute atomic E-state index is 12.6. The van der Waals surface area contributed by atoms with Crippen molar-refractivity contribution in [1.29, 1.82) is 0 Å². The SMILES string of the molecule is CC(C)[Si](C#Cc1ccc(C(F)F)cc1)(C(C)C)C(C)C. The molecule has 0 spiro atoms. The van der Waals surface area contributed by atoms with Crippen LogP contribution in [0.4, 0.5) is 8.78 Å². The van der Waals surface area contributed by atoms with E-state index in [0.717, 1.165) is 5.56 Å². The number of rotatable bonds is 4. The lowest BCUT2D eigenvalue weighted by Gasteiger charge is -2.38. The highest BCUT2D eigenvalue weighted by Crippen LogP contribution is 2.40. The standard InChI is InChI=1S/C18H26F2Si/c1-13(2)21(14(3)4,15(5)6)12-11-16-7-9-17(10-8-16)18(19)20/h7-10,13-15,18H,1-6H3. The van der Waals surface area contributed by atoms with Crippen LogP contribution in [0.15, 0.2) is 24.3 Å². The van der Waals surface area contributed by atoms with Crippen LogP contribution in [0.2, 0.25) is 16.6 Å². The normalized spacial score (nSPS) is 12.2. The zero-order valence-corrected chi connectivity index (χ0v) is 14.9. The first-order chi connectivity index (χ1) is 9.71. The largest absolute Gasteiger partial charge is 0.263 e. The van der Waals surface area contributed by atoms with Crippen molar-refractivity contribution >= 4 is 8.07 Å². The van der Waals surface area contributed by atoms with Gasteiger partial charge in [0.2, 0.25) is 0 Å². The Morgan fingerprint density at radius 3 is 1.57 bits per heavy atom. The van der Waals surface area contributed by atoms with Gasteiger partial charge in [-0.3, -0.25) is 0 Å². The van der Waals surface area contributed by atoms with Gasteiger partial charge in [-0.05, 0) is 28.8 Å². The molecule has 0 N–H and O–H groups in total. The first-order valence-corrected chi connectivity index (χ1v) is 9.86. The van der Waals surface area contributed by atoms with Crippen LogP contribution in [0.3, 0.4) is 0 Å². The number of hydrogen-bond acceptors (Lipinski definition) is 0. The molecule has 0 aromatic heterocycles. The van der Waals surface area contributed by atoms with Crippen LogP contribution in [0.1, 0.15) is 59.1 Å². The van der Waals surface area contributed by atoms with E-state index in [0.29, 0.717) is 16.6 Å². The van der Waals surface area contributed by atoms with Crippen molar-refractivity contribution in [2.45, 2.75) is 64.6 Å². The van der Waals surface area contributed by atoms with E-state index in [9.17, 15) is 8.78 Å². The van der Waals surface area contributed by atoms with E-state index in [1.807, 2.05) is 0 Å². The smallest absolute Gasteiger partial charge is 0.205 e. The third kappa shape index (κ3) is 3.94. The van der Waals surface area contributed by atoms with E-state index in [2.05, 4.69) is 53.0 Å². The maximum atomic E-state index is 12.6. The Hall–Kier alpha value is -1.14. The first-order valence-electron chi connectivity index (χ1n) is 7.63. The molecule has 21 heavy (non-hydrogen) atoms. The summed E-state index contributed by atoms with van der Waals surface area (Å²) in [5, 5.41) is 0. The Labute approximate surface area is 129 Å². The van der Waals surface area contributed by atoms with Crippen molar-refractivity contribution in [3.63, 3.8) is 0 Å². The van der Waals surface area contributed by atoms with Crippen LogP contribution < -0.4 is 0 Å². The molecule has 1 aromatic carbocycles. The second kappa shape index (κ2) is 7.22. The molecule has 0 aliphatic heterocycles. The third-order valence-corrected chi connectivity index (χ3v) is 10.7. The predicted molar refractivity (Wildman–Crippen MR) is 89.3 cm³/mol. The van der Waals surface area contributed by atoms with Gasteiger partial charge in [0.1, 0.15) is 8.07 Å². The molecule has 0 heterocycles. The Morgan fingerprint density at radius 2 is 1.24 bits per heavy atom. The highest BCUT2D eigenvalue weighted by Gasteiger charge is 2.41. The van der Waals surface area contributed by atoms with E-state index < -0.39 is 14.5 Å². The van der Waals surface area contributed by atoms with Gasteiger partial charge < -0.3 is 0 Å². The van der Waals surface area contributed by atoms with E-state index in [-0.39, 0.29) is 5.56 Å². The van der Waals surface area contributed by atoms with Gasteiger partial charge in [-0.25, -0.2) is 8.78 Å². The number of alkyl halides is 2. The minimum atomic E-state index is -2.41. The van der Waals surface area contributed by atoms with Crippen molar-refractivity contribution in [3.05, 3.63) is 35.4 Å². The summed E-state index contributed by atoms with van der Waals surface area (Å²) in [5.74, 6) is 3.26. The van der Waals surface area contributed by atoms with Gasteiger partial charge >= 0.3 is 0 Å². The van der Waals surface area contributed by atoms with Crippen LogP contribution >= 0.6 is 0 Å². The summed E-state index contributed by atoms with van der Waals surface area (Å²) in [5.41, 5.74) is 6.21. The van der Waals surface area contributed by atoms with Crippen LogP contribution in [-0.2, 0) is 0 Å². The first kappa shape index (κ1) is 17.9. The van der Waals surface area contributed by atoms with Crippen molar-refractivity contribution in [3.8, 4) is 11.5 Å². The van der Waals surface area contributed by atoms with Gasteiger partial charge in [0, 0.05) is 11.1 Å². The minimum absolute atomic E-state index is 0.0561. The Kier molecular flexibility index (Phi) is 6.16. The van der Waals surface area contributed by atoms with Gasteiger partial charge in [-0.2, -0.15) is 0 Å². The molecule has 0 radical (unpaired) electrons. The molecule has 0 fully saturated rings. The second-order valence-corrected chi connectivity index (χ2v) is 12.1. The summed E-state index contributed by atoms with van der Waals surface area (Å²) in [6.45, 7) is 13.6. The summed E-state index contributed by atoms with van der Waals surface area (Å²) in [6, 6.07) is 6.35. The summed E-state index contributed by atoms with van der Waals surface area (Å²) < 4.78 is 25.1. The topological polar surface area (TPSA) is 0 Å². The molecule has 1 aromatic rings. The fraction of sp³-hybridized carbons (Fsp3) is 0.556. The zero-order valence-electron chi connectivity index (χ0n) is 13.9. The molecule has 0 unspecified atom stereocenters. The van der Waals surface area contributed by atoms with Gasteiger partial charge in [0.15, 0.2) is 0 Å². The molecule has 0 saturated heterocycles. The highest BCUT2D eigenvalue weighted by molar-refractivity contribution is 6.90. The summed E-state index contributed by atoms with van der Waals surface area (Å²) in [4.78, 5) is 0. The minimum Gasteiger partial charge on any atom is -0.205 e. The van der Waals surface area contributed by atoms with Gasteiger partial charge in [-0.15, -0.1) is 5.54 Å². The van der Waals surface area contributed by atoms with Crippen LogP contribution in [0.5, 0.6) is 0 Å². The lowest BCUT2D eigenvalue weighted by molar-refractivity contribution is 0.151. The monoisotopic (exact) mass is 308 g/mol. The van der Waals surface area contributed by atoms with Gasteiger partial charge in [0.05, 0.1) is 0 Å². The maximum Gasteiger partial charge on any atom is 0.263 e. The fourth-order valence-electron chi connectivity index (χ4n) is 3.33. The average Bonchev–Trinajstić information content (AvgIpc) is 2.38. The van der Waals surface area contributed by atoms with Gasteiger partial charge in [-0.1, -0.05) is 59.6 Å². The highest BCUT2D eigenvalue weighted by atomic mass is 28.3. The molecular weight excluding hydrogens is 282 g/mol. The van der Waals surface area contributed by atoms with Crippen LogP contribution in [0.25, 0.3) is 0 Å². The molecular formula is C18H26F2Si. The molecule has 0 atom stereocenters. The Bertz CT molecular complexity index is 482. The fourth-order valence-corrected chi connectivity index (χ4v) is 8.55. The lowest BCUT2D eigenvalue weighted by atomic mass is 10.1. The molecule has 0 nitrogen and oxygen atoms in total. The molecule has 0 saturated carbocycles. The third-order valence-electron chi connectivity index (χ3n) is 4.45. The number of halogens is 2. The van der Waals surface area contributed by atoms with Crippen LogP contribution in [0, 0.1) is 11.5 Å². The summed E-state index contributed by atoms with van der Waals surface area (Å²) in [7, 11) is -1.76. The molecule has 0 amide bonds.